The Kier molecular flexibility index (Phi) is 4.49. The van der Waals surface area contributed by atoms with E-state index >= 15 is 0 Å². The Morgan fingerprint density at radius 2 is 2.27 bits per heavy atom. The third-order valence-corrected chi connectivity index (χ3v) is 2.28. The van der Waals surface area contributed by atoms with Crippen LogP contribution in [0.4, 0.5) is 0 Å². The van der Waals surface area contributed by atoms with Crippen LogP contribution in [0.15, 0.2) is 6.20 Å². The highest BCUT2D eigenvalue weighted by Crippen LogP contribution is 2.11. The lowest BCUT2D eigenvalue weighted by Gasteiger charge is -2.12. The highest BCUT2D eigenvalue weighted by molar-refractivity contribution is 5.17. The van der Waals surface area contributed by atoms with Gasteiger partial charge in [-0.05, 0) is 20.3 Å². The van der Waals surface area contributed by atoms with Crippen LogP contribution in [-0.2, 0) is 6.54 Å². The summed E-state index contributed by atoms with van der Waals surface area (Å²) in [5, 5.41) is 0. The van der Waals surface area contributed by atoms with Crippen LogP contribution in [0.3, 0.4) is 0 Å². The standard InChI is InChI=1S/C11H19N3O/c1-4-5-8(2)15-11-13-7-10(6-12)9(3)14-11/h7-8H,4-6,12H2,1-3H3. The SMILES string of the molecule is CCCC(C)Oc1ncc(CN)c(C)n1. The average Bonchev–Trinajstić information content (AvgIpc) is 2.18. The van der Waals surface area contributed by atoms with Gasteiger partial charge in [0.1, 0.15) is 0 Å². The summed E-state index contributed by atoms with van der Waals surface area (Å²) in [6, 6.07) is 0.450. The van der Waals surface area contributed by atoms with Gasteiger partial charge in [-0.25, -0.2) is 9.97 Å². The Balaban J connectivity index is 2.66. The third-order valence-electron chi connectivity index (χ3n) is 2.28. The largest absolute Gasteiger partial charge is 0.460 e. The number of ether oxygens (including phenoxy) is 1. The molecule has 0 aromatic carbocycles. The van der Waals surface area contributed by atoms with E-state index in [2.05, 4.69) is 16.9 Å². The molecule has 0 fully saturated rings. The molecule has 0 radical (unpaired) electrons. The highest BCUT2D eigenvalue weighted by atomic mass is 16.5. The zero-order valence-electron chi connectivity index (χ0n) is 9.66. The third kappa shape index (κ3) is 3.47. The van der Waals surface area contributed by atoms with E-state index in [9.17, 15) is 0 Å². The lowest BCUT2D eigenvalue weighted by molar-refractivity contribution is 0.192. The monoisotopic (exact) mass is 209 g/mol. The van der Waals surface area contributed by atoms with Crippen molar-refractivity contribution in [1.29, 1.82) is 0 Å². The zero-order chi connectivity index (χ0) is 11.3. The van der Waals surface area contributed by atoms with Crippen molar-refractivity contribution in [3.05, 3.63) is 17.5 Å². The topological polar surface area (TPSA) is 61.0 Å². The smallest absolute Gasteiger partial charge is 0.316 e. The van der Waals surface area contributed by atoms with Crippen LogP contribution < -0.4 is 10.5 Å². The van der Waals surface area contributed by atoms with Gasteiger partial charge in [-0.2, -0.15) is 0 Å². The van der Waals surface area contributed by atoms with Gasteiger partial charge in [-0.15, -0.1) is 0 Å². The molecule has 15 heavy (non-hydrogen) atoms. The summed E-state index contributed by atoms with van der Waals surface area (Å²) in [7, 11) is 0. The average molecular weight is 209 g/mol. The zero-order valence-corrected chi connectivity index (χ0v) is 9.66. The molecule has 0 spiro atoms. The molecule has 0 aliphatic carbocycles. The first-order valence-corrected chi connectivity index (χ1v) is 5.36. The predicted octanol–water partition coefficient (Wildman–Crippen LogP) is 1.81. The van der Waals surface area contributed by atoms with Crippen LogP contribution >= 0.6 is 0 Å². The Morgan fingerprint density at radius 3 is 2.80 bits per heavy atom. The van der Waals surface area contributed by atoms with E-state index in [-0.39, 0.29) is 6.10 Å². The van der Waals surface area contributed by atoms with Crippen molar-refractivity contribution >= 4 is 0 Å². The summed E-state index contributed by atoms with van der Waals surface area (Å²) in [5.74, 6) is 0. The van der Waals surface area contributed by atoms with Gasteiger partial charge in [0, 0.05) is 24.0 Å². The van der Waals surface area contributed by atoms with Gasteiger partial charge in [0.2, 0.25) is 0 Å². The van der Waals surface area contributed by atoms with E-state index in [0.29, 0.717) is 12.6 Å². The van der Waals surface area contributed by atoms with Crippen LogP contribution in [0.1, 0.15) is 37.9 Å². The van der Waals surface area contributed by atoms with Crippen molar-refractivity contribution in [3.8, 4) is 6.01 Å². The Hall–Kier alpha value is -1.16. The number of nitrogens with two attached hydrogens (primary N) is 1. The summed E-state index contributed by atoms with van der Waals surface area (Å²) in [6.07, 6.45) is 4.01. The minimum atomic E-state index is 0.165. The Morgan fingerprint density at radius 1 is 1.53 bits per heavy atom. The van der Waals surface area contributed by atoms with Gasteiger partial charge in [0.05, 0.1) is 6.10 Å². The van der Waals surface area contributed by atoms with E-state index in [1.807, 2.05) is 13.8 Å². The summed E-state index contributed by atoms with van der Waals surface area (Å²) >= 11 is 0. The molecule has 2 N–H and O–H groups in total. The van der Waals surface area contributed by atoms with E-state index in [1.54, 1.807) is 6.20 Å². The van der Waals surface area contributed by atoms with Crippen LogP contribution in [0.25, 0.3) is 0 Å². The number of aryl methyl sites for hydroxylation is 1. The first-order valence-electron chi connectivity index (χ1n) is 5.36. The maximum Gasteiger partial charge on any atom is 0.316 e. The van der Waals surface area contributed by atoms with Crippen molar-refractivity contribution in [2.75, 3.05) is 0 Å². The van der Waals surface area contributed by atoms with E-state index < -0.39 is 0 Å². The fourth-order valence-electron chi connectivity index (χ4n) is 1.37. The van der Waals surface area contributed by atoms with E-state index in [1.165, 1.54) is 0 Å². The predicted molar refractivity (Wildman–Crippen MR) is 59.7 cm³/mol. The Bertz CT molecular complexity index is 315. The minimum absolute atomic E-state index is 0.165. The summed E-state index contributed by atoms with van der Waals surface area (Å²) in [5.41, 5.74) is 7.39. The molecule has 1 aromatic rings. The van der Waals surface area contributed by atoms with Gasteiger partial charge in [-0.1, -0.05) is 13.3 Å². The molecule has 0 saturated heterocycles. The van der Waals surface area contributed by atoms with E-state index in [0.717, 1.165) is 24.1 Å². The molecule has 84 valence electrons. The summed E-state index contributed by atoms with van der Waals surface area (Å²) in [6.45, 7) is 6.54. The second kappa shape index (κ2) is 5.66. The highest BCUT2D eigenvalue weighted by Gasteiger charge is 2.06. The normalized spacial score (nSPS) is 12.5. The first-order chi connectivity index (χ1) is 7.17. The van der Waals surface area contributed by atoms with Crippen molar-refractivity contribution in [3.63, 3.8) is 0 Å². The van der Waals surface area contributed by atoms with Gasteiger partial charge in [0.25, 0.3) is 0 Å². The lowest BCUT2D eigenvalue weighted by Crippen LogP contribution is -2.14. The molecule has 0 saturated carbocycles. The molecular weight excluding hydrogens is 190 g/mol. The molecule has 1 unspecified atom stereocenters. The molecule has 4 nitrogen and oxygen atoms in total. The number of aromatic nitrogens is 2. The van der Waals surface area contributed by atoms with Gasteiger partial charge >= 0.3 is 6.01 Å². The maximum absolute atomic E-state index is 5.57. The van der Waals surface area contributed by atoms with E-state index in [4.69, 9.17) is 10.5 Å². The molecule has 0 aliphatic rings. The summed E-state index contributed by atoms with van der Waals surface area (Å²) < 4.78 is 5.57. The molecule has 0 aliphatic heterocycles. The lowest BCUT2D eigenvalue weighted by atomic mass is 10.2. The quantitative estimate of drug-likeness (QED) is 0.803. The minimum Gasteiger partial charge on any atom is -0.460 e. The molecule has 0 bridgehead atoms. The molecule has 1 heterocycles. The molecule has 1 rings (SSSR count). The van der Waals surface area contributed by atoms with Crippen molar-refractivity contribution in [1.82, 2.24) is 9.97 Å². The number of rotatable bonds is 5. The molecular formula is C11H19N3O. The number of hydrogen-bond donors (Lipinski definition) is 1. The van der Waals surface area contributed by atoms with Crippen LogP contribution in [0.2, 0.25) is 0 Å². The van der Waals surface area contributed by atoms with Gasteiger partial charge < -0.3 is 10.5 Å². The first kappa shape index (κ1) is 11.9. The molecule has 1 atom stereocenters. The summed E-state index contributed by atoms with van der Waals surface area (Å²) in [4.78, 5) is 8.37. The molecule has 1 aromatic heterocycles. The van der Waals surface area contributed by atoms with Crippen molar-refractivity contribution in [2.45, 2.75) is 46.3 Å². The van der Waals surface area contributed by atoms with Crippen LogP contribution in [0, 0.1) is 6.92 Å². The number of hydrogen-bond acceptors (Lipinski definition) is 4. The number of nitrogens with zero attached hydrogens (tertiary/aromatic N) is 2. The van der Waals surface area contributed by atoms with Crippen molar-refractivity contribution < 1.29 is 4.74 Å². The maximum atomic E-state index is 5.57. The molecule has 4 heteroatoms. The van der Waals surface area contributed by atoms with Gasteiger partial charge in [0.15, 0.2) is 0 Å². The van der Waals surface area contributed by atoms with Gasteiger partial charge in [-0.3, -0.25) is 0 Å². The second-order valence-corrected chi connectivity index (χ2v) is 3.68. The fourth-order valence-corrected chi connectivity index (χ4v) is 1.37. The van der Waals surface area contributed by atoms with Crippen molar-refractivity contribution in [2.24, 2.45) is 5.73 Å². The van der Waals surface area contributed by atoms with Crippen LogP contribution in [0.5, 0.6) is 6.01 Å². The molecule has 0 amide bonds. The van der Waals surface area contributed by atoms with Crippen LogP contribution in [-0.4, -0.2) is 16.1 Å². The Labute approximate surface area is 90.9 Å². The fraction of sp³-hybridized carbons (Fsp3) is 0.636. The second-order valence-electron chi connectivity index (χ2n) is 3.68.